The lowest BCUT2D eigenvalue weighted by molar-refractivity contribution is 0.506. The average molecular weight is 295 g/mol. The molecule has 0 atom stereocenters. The molecule has 20 heavy (non-hydrogen) atoms. The fourth-order valence-electron chi connectivity index (χ4n) is 4.00. The third kappa shape index (κ3) is 7.44. The van der Waals surface area contributed by atoms with Crippen molar-refractivity contribution in [3.8, 4) is 0 Å². The first-order chi connectivity index (χ1) is 9.95. The first-order valence-corrected chi connectivity index (χ1v) is 10.7. The van der Waals surface area contributed by atoms with Crippen LogP contribution in [0.4, 0.5) is 0 Å². The van der Waals surface area contributed by atoms with Gasteiger partial charge in [-0.1, -0.05) is 92.1 Å². The van der Waals surface area contributed by atoms with Gasteiger partial charge in [-0.05, 0) is 37.0 Å². The van der Waals surface area contributed by atoms with Gasteiger partial charge in [0.05, 0.1) is 0 Å². The zero-order valence-electron chi connectivity index (χ0n) is 13.6. The largest absolute Gasteiger partial charge is 0.0741 e. The van der Waals surface area contributed by atoms with Crippen LogP contribution in [0, 0.1) is 0 Å². The zero-order valence-corrected chi connectivity index (χ0v) is 14.5. The predicted molar refractivity (Wildman–Crippen MR) is 93.0 cm³/mol. The van der Waals surface area contributed by atoms with Crippen molar-refractivity contribution in [3.05, 3.63) is 0 Å². The van der Waals surface area contributed by atoms with Crippen LogP contribution in [0.3, 0.4) is 0 Å². The molecule has 0 nitrogen and oxygen atoms in total. The molecule has 0 saturated heterocycles. The minimum atomic E-state index is 1.05. The molecule has 2 aliphatic carbocycles. The number of hydrogen-bond donors (Lipinski definition) is 0. The topological polar surface area (TPSA) is 0 Å². The van der Waals surface area contributed by atoms with Gasteiger partial charge in [0.25, 0.3) is 0 Å². The predicted octanol–water partition coefficient (Wildman–Crippen LogP) is 7.33. The highest BCUT2D eigenvalue weighted by Crippen LogP contribution is 2.39. The van der Waals surface area contributed by atoms with E-state index in [2.05, 4.69) is 0 Å². The standard InChI is InChI=1S/C19H36P/c1-2-6-10-14-18(15-11-7-3-1)20-19-16-12-8-4-5-9-13-17-19/h18-19H,1-17H2. The van der Waals surface area contributed by atoms with Gasteiger partial charge in [-0.3, -0.25) is 0 Å². The smallest absolute Gasteiger partial charge is 0.0168 e. The highest BCUT2D eigenvalue weighted by molar-refractivity contribution is 7.39. The van der Waals surface area contributed by atoms with Crippen LogP contribution in [0.2, 0.25) is 0 Å². The fraction of sp³-hybridized carbons (Fsp3) is 1.00. The molecule has 1 heteroatoms. The Morgan fingerprint density at radius 2 is 0.600 bits per heavy atom. The Bertz CT molecular complexity index is 206. The Morgan fingerprint density at radius 3 is 0.900 bits per heavy atom. The molecule has 2 rings (SSSR count). The van der Waals surface area contributed by atoms with Crippen molar-refractivity contribution in [3.63, 3.8) is 0 Å². The molecule has 0 spiro atoms. The van der Waals surface area contributed by atoms with Gasteiger partial charge in [0.2, 0.25) is 0 Å². The molecule has 2 saturated carbocycles. The van der Waals surface area contributed by atoms with Crippen molar-refractivity contribution in [1.82, 2.24) is 0 Å². The van der Waals surface area contributed by atoms with Crippen LogP contribution < -0.4 is 0 Å². The Balaban J connectivity index is 1.74. The molecule has 0 unspecified atom stereocenters. The Hall–Kier alpha value is 0.430. The van der Waals surface area contributed by atoms with Crippen LogP contribution in [-0.2, 0) is 0 Å². The van der Waals surface area contributed by atoms with Crippen molar-refractivity contribution in [2.45, 2.75) is 120 Å². The number of rotatable bonds is 2. The van der Waals surface area contributed by atoms with E-state index in [1.54, 1.807) is 0 Å². The summed E-state index contributed by atoms with van der Waals surface area (Å²) in [6, 6.07) is 0. The second-order valence-corrected chi connectivity index (χ2v) is 8.97. The van der Waals surface area contributed by atoms with E-state index in [4.69, 9.17) is 0 Å². The van der Waals surface area contributed by atoms with Gasteiger partial charge in [0.15, 0.2) is 0 Å². The third-order valence-corrected chi connectivity index (χ3v) is 7.20. The summed E-state index contributed by atoms with van der Waals surface area (Å²) in [6.45, 7) is 0. The maximum Gasteiger partial charge on any atom is -0.0168 e. The van der Waals surface area contributed by atoms with E-state index in [-0.39, 0.29) is 0 Å². The molecule has 0 heterocycles. The summed E-state index contributed by atoms with van der Waals surface area (Å²) in [6.07, 6.45) is 25.8. The summed E-state index contributed by atoms with van der Waals surface area (Å²) >= 11 is 0. The highest BCUT2D eigenvalue weighted by Gasteiger charge is 2.18. The SMILES string of the molecule is C1CCCCC([P]C2CCCCCCCC2)CCCC1. The van der Waals surface area contributed by atoms with Crippen molar-refractivity contribution in [2.75, 3.05) is 0 Å². The lowest BCUT2D eigenvalue weighted by atomic mass is 10.0. The summed E-state index contributed by atoms with van der Waals surface area (Å²) in [4.78, 5) is 0. The van der Waals surface area contributed by atoms with Gasteiger partial charge < -0.3 is 0 Å². The van der Waals surface area contributed by atoms with Gasteiger partial charge >= 0.3 is 0 Å². The molecule has 2 aliphatic rings. The Labute approximate surface area is 129 Å². The second-order valence-electron chi connectivity index (χ2n) is 7.21. The van der Waals surface area contributed by atoms with Crippen LogP contribution in [0.15, 0.2) is 0 Å². The second kappa shape index (κ2) is 11.1. The molecule has 0 aromatic heterocycles. The van der Waals surface area contributed by atoms with Crippen LogP contribution in [-0.4, -0.2) is 11.3 Å². The molecule has 0 amide bonds. The monoisotopic (exact) mass is 295 g/mol. The zero-order chi connectivity index (χ0) is 13.9. The third-order valence-electron chi connectivity index (χ3n) is 5.32. The van der Waals surface area contributed by atoms with Gasteiger partial charge in [-0.15, -0.1) is 0 Å². The normalized spacial score (nSPS) is 27.0. The lowest BCUT2D eigenvalue weighted by Gasteiger charge is -2.24. The van der Waals surface area contributed by atoms with Crippen LogP contribution >= 0.6 is 8.58 Å². The van der Waals surface area contributed by atoms with Crippen molar-refractivity contribution < 1.29 is 0 Å². The molecular weight excluding hydrogens is 259 g/mol. The molecule has 1 radical (unpaired) electrons. The van der Waals surface area contributed by atoms with E-state index < -0.39 is 0 Å². The maximum atomic E-state index is 1.86. The average Bonchev–Trinajstić information content (AvgIpc) is 2.60. The van der Waals surface area contributed by atoms with E-state index in [1.807, 2.05) is 8.58 Å². The van der Waals surface area contributed by atoms with Crippen molar-refractivity contribution in [1.29, 1.82) is 0 Å². The van der Waals surface area contributed by atoms with Gasteiger partial charge in [-0.25, -0.2) is 0 Å². The molecule has 0 N–H and O–H groups in total. The highest BCUT2D eigenvalue weighted by atomic mass is 31.1. The molecule has 0 aromatic carbocycles. The van der Waals surface area contributed by atoms with E-state index in [9.17, 15) is 0 Å². The molecule has 117 valence electrons. The van der Waals surface area contributed by atoms with Crippen LogP contribution in [0.25, 0.3) is 0 Å². The Kier molecular flexibility index (Phi) is 9.29. The molecule has 0 bridgehead atoms. The van der Waals surface area contributed by atoms with Crippen LogP contribution in [0.1, 0.15) is 109 Å². The van der Waals surface area contributed by atoms with E-state index in [0.717, 1.165) is 11.3 Å². The molecular formula is C19H36P. The van der Waals surface area contributed by atoms with E-state index in [1.165, 1.54) is 109 Å². The molecule has 0 aliphatic heterocycles. The van der Waals surface area contributed by atoms with E-state index >= 15 is 0 Å². The maximum absolute atomic E-state index is 1.86. The molecule has 2 fully saturated rings. The van der Waals surface area contributed by atoms with Gasteiger partial charge in [0, 0.05) is 0 Å². The van der Waals surface area contributed by atoms with Crippen molar-refractivity contribution in [2.24, 2.45) is 0 Å². The van der Waals surface area contributed by atoms with Crippen molar-refractivity contribution >= 4 is 8.58 Å². The minimum Gasteiger partial charge on any atom is -0.0741 e. The minimum absolute atomic E-state index is 1.05. The fourth-order valence-corrected chi connectivity index (χ4v) is 5.92. The summed E-state index contributed by atoms with van der Waals surface area (Å²) in [5.74, 6) is 0. The summed E-state index contributed by atoms with van der Waals surface area (Å²) in [5.41, 5.74) is 2.11. The first kappa shape index (κ1) is 16.8. The summed E-state index contributed by atoms with van der Waals surface area (Å²) < 4.78 is 0. The summed E-state index contributed by atoms with van der Waals surface area (Å²) in [7, 11) is 1.86. The van der Waals surface area contributed by atoms with Gasteiger partial charge in [-0.2, -0.15) is 0 Å². The van der Waals surface area contributed by atoms with Gasteiger partial charge in [0.1, 0.15) is 0 Å². The van der Waals surface area contributed by atoms with E-state index in [0.29, 0.717) is 0 Å². The first-order valence-electron chi connectivity index (χ1n) is 9.65. The Morgan fingerprint density at radius 1 is 0.350 bits per heavy atom. The quantitative estimate of drug-likeness (QED) is 0.468. The lowest BCUT2D eigenvalue weighted by Crippen LogP contribution is -2.10. The number of hydrogen-bond acceptors (Lipinski definition) is 0. The van der Waals surface area contributed by atoms with Crippen LogP contribution in [0.5, 0.6) is 0 Å². The summed E-state index contributed by atoms with van der Waals surface area (Å²) in [5, 5.41) is 0. The molecule has 0 aromatic rings.